The average molecular weight is 360 g/mol. The van der Waals surface area contributed by atoms with Crippen LogP contribution in [0.1, 0.15) is 10.4 Å². The van der Waals surface area contributed by atoms with E-state index in [1.165, 1.54) is 0 Å². The molecule has 66 valence electrons. The van der Waals surface area contributed by atoms with Crippen molar-refractivity contribution in [2.24, 2.45) is 0 Å². The van der Waals surface area contributed by atoms with Crippen LogP contribution in [-0.2, 0) is 0 Å². The fourth-order valence-corrected chi connectivity index (χ4v) is 1.34. The Morgan fingerprint density at radius 1 is 1.58 bits per heavy atom. The summed E-state index contributed by atoms with van der Waals surface area (Å²) in [5, 5.41) is 0.351. The number of hydrogen-bond acceptors (Lipinski definition) is 2. The van der Waals surface area contributed by atoms with Crippen molar-refractivity contribution in [3.05, 3.63) is 28.5 Å². The van der Waals surface area contributed by atoms with Gasteiger partial charge in [0.05, 0.1) is 5.33 Å². The second-order valence-corrected chi connectivity index (χ2v) is 3.30. The lowest BCUT2D eigenvalue weighted by molar-refractivity contribution is 0.102. The van der Waals surface area contributed by atoms with Crippen LogP contribution in [-0.4, -0.2) is 16.1 Å². The topological polar surface area (TPSA) is 30.0 Å². The van der Waals surface area contributed by atoms with Crippen LogP contribution in [0.2, 0.25) is 0 Å². The van der Waals surface area contributed by atoms with E-state index >= 15 is 0 Å². The first-order valence-electron chi connectivity index (χ1n) is 2.95. The SMILES string of the molecule is Br.O=C(CBr)c1ccnc(Br)c1. The van der Waals surface area contributed by atoms with E-state index in [0.29, 0.717) is 15.5 Å². The number of nitrogens with zero attached hydrogens (tertiary/aromatic N) is 1. The molecule has 1 aromatic heterocycles. The van der Waals surface area contributed by atoms with Crippen molar-refractivity contribution in [2.45, 2.75) is 0 Å². The molecule has 0 aliphatic carbocycles. The zero-order chi connectivity index (χ0) is 8.27. The summed E-state index contributed by atoms with van der Waals surface area (Å²) >= 11 is 6.27. The van der Waals surface area contributed by atoms with Gasteiger partial charge in [-0.2, -0.15) is 0 Å². The minimum atomic E-state index is 0. The van der Waals surface area contributed by atoms with Crippen LogP contribution in [0.3, 0.4) is 0 Å². The first-order valence-corrected chi connectivity index (χ1v) is 4.86. The maximum atomic E-state index is 11.1. The van der Waals surface area contributed by atoms with Gasteiger partial charge in [-0.25, -0.2) is 4.98 Å². The van der Waals surface area contributed by atoms with Gasteiger partial charge in [0.25, 0.3) is 0 Å². The normalized spacial score (nSPS) is 8.83. The van der Waals surface area contributed by atoms with Crippen LogP contribution in [0, 0.1) is 0 Å². The second-order valence-electron chi connectivity index (χ2n) is 1.92. The number of aromatic nitrogens is 1. The van der Waals surface area contributed by atoms with Gasteiger partial charge in [0.1, 0.15) is 4.60 Å². The van der Waals surface area contributed by atoms with Crippen molar-refractivity contribution in [3.63, 3.8) is 0 Å². The number of carbonyl (C=O) groups is 1. The van der Waals surface area contributed by atoms with Crippen LogP contribution in [0.4, 0.5) is 0 Å². The minimum Gasteiger partial charge on any atom is -0.293 e. The molecule has 12 heavy (non-hydrogen) atoms. The molecular weight excluding hydrogens is 354 g/mol. The molecule has 0 radical (unpaired) electrons. The molecule has 0 bridgehead atoms. The van der Waals surface area contributed by atoms with E-state index in [-0.39, 0.29) is 22.8 Å². The van der Waals surface area contributed by atoms with E-state index in [1.54, 1.807) is 18.3 Å². The van der Waals surface area contributed by atoms with Crippen LogP contribution in [0.5, 0.6) is 0 Å². The Hall–Kier alpha value is 0.260. The Kier molecular flexibility index (Phi) is 5.96. The summed E-state index contributed by atoms with van der Waals surface area (Å²) in [5.74, 6) is 0.0631. The summed E-state index contributed by atoms with van der Waals surface area (Å²) in [5.41, 5.74) is 0.670. The van der Waals surface area contributed by atoms with E-state index in [0.717, 1.165) is 0 Å². The van der Waals surface area contributed by atoms with Crippen LogP contribution in [0.15, 0.2) is 22.9 Å². The van der Waals surface area contributed by atoms with E-state index in [4.69, 9.17) is 0 Å². The highest BCUT2D eigenvalue weighted by molar-refractivity contribution is 9.10. The molecule has 0 spiro atoms. The molecule has 1 heterocycles. The molecular formula is C7H6Br3NO. The number of Topliss-reactive ketones (excluding diaryl/α,β-unsaturated/α-hetero) is 1. The maximum absolute atomic E-state index is 11.1. The van der Waals surface area contributed by atoms with Gasteiger partial charge >= 0.3 is 0 Å². The van der Waals surface area contributed by atoms with Gasteiger partial charge in [-0.05, 0) is 28.1 Å². The third-order valence-corrected chi connectivity index (χ3v) is 2.11. The predicted octanol–water partition coefficient (Wildman–Crippen LogP) is 3.00. The average Bonchev–Trinajstić information content (AvgIpc) is 2.03. The fourth-order valence-electron chi connectivity index (χ4n) is 0.653. The summed E-state index contributed by atoms with van der Waals surface area (Å²) in [4.78, 5) is 15.0. The van der Waals surface area contributed by atoms with Gasteiger partial charge < -0.3 is 0 Å². The first-order chi connectivity index (χ1) is 5.24. The zero-order valence-corrected chi connectivity index (χ0v) is 10.8. The third-order valence-electron chi connectivity index (χ3n) is 1.17. The summed E-state index contributed by atoms with van der Waals surface area (Å²) in [6.45, 7) is 0. The Bertz CT molecular complexity index is 277. The molecule has 0 saturated carbocycles. The Morgan fingerprint density at radius 2 is 2.25 bits per heavy atom. The lowest BCUT2D eigenvalue weighted by Gasteiger charge is -1.95. The van der Waals surface area contributed by atoms with E-state index in [9.17, 15) is 4.79 Å². The number of rotatable bonds is 2. The summed E-state index contributed by atoms with van der Waals surface area (Å²) in [6, 6.07) is 3.39. The Balaban J connectivity index is 0.00000121. The Labute approximate surface area is 97.8 Å². The molecule has 0 amide bonds. The largest absolute Gasteiger partial charge is 0.293 e. The predicted molar refractivity (Wildman–Crippen MR) is 60.4 cm³/mol. The molecule has 0 aliphatic heterocycles. The zero-order valence-electron chi connectivity index (χ0n) is 5.96. The van der Waals surface area contributed by atoms with Crippen molar-refractivity contribution >= 4 is 54.6 Å². The highest BCUT2D eigenvalue weighted by atomic mass is 79.9. The highest BCUT2D eigenvalue weighted by Crippen LogP contribution is 2.09. The fraction of sp³-hybridized carbons (Fsp3) is 0.143. The molecule has 2 nitrogen and oxygen atoms in total. The molecule has 5 heteroatoms. The van der Waals surface area contributed by atoms with Crippen molar-refractivity contribution in [2.75, 3.05) is 5.33 Å². The number of hydrogen-bond donors (Lipinski definition) is 0. The number of carbonyl (C=O) groups excluding carboxylic acids is 1. The first kappa shape index (κ1) is 12.3. The monoisotopic (exact) mass is 357 g/mol. The van der Waals surface area contributed by atoms with Crippen molar-refractivity contribution in [1.29, 1.82) is 0 Å². The number of pyridine rings is 1. The van der Waals surface area contributed by atoms with Crippen molar-refractivity contribution in [3.8, 4) is 0 Å². The van der Waals surface area contributed by atoms with Crippen molar-refractivity contribution in [1.82, 2.24) is 4.98 Å². The summed E-state index contributed by atoms with van der Waals surface area (Å²) < 4.78 is 0.685. The third kappa shape index (κ3) is 3.33. The van der Waals surface area contributed by atoms with Gasteiger partial charge in [-0.1, -0.05) is 15.9 Å². The molecule has 1 aromatic rings. The van der Waals surface area contributed by atoms with Crippen molar-refractivity contribution < 1.29 is 4.79 Å². The van der Waals surface area contributed by atoms with Gasteiger partial charge in [0.2, 0.25) is 0 Å². The van der Waals surface area contributed by atoms with Gasteiger partial charge in [0.15, 0.2) is 5.78 Å². The van der Waals surface area contributed by atoms with E-state index < -0.39 is 0 Å². The number of halogens is 3. The summed E-state index contributed by atoms with van der Waals surface area (Å²) in [6.07, 6.45) is 1.60. The van der Waals surface area contributed by atoms with Crippen LogP contribution in [0.25, 0.3) is 0 Å². The van der Waals surface area contributed by atoms with E-state index in [1.807, 2.05) is 0 Å². The van der Waals surface area contributed by atoms with Crippen LogP contribution >= 0.6 is 48.8 Å². The number of alkyl halides is 1. The second kappa shape index (κ2) is 5.83. The lowest BCUT2D eigenvalue weighted by Crippen LogP contribution is -1.99. The van der Waals surface area contributed by atoms with Gasteiger partial charge in [-0.3, -0.25) is 4.79 Å². The van der Waals surface area contributed by atoms with Gasteiger partial charge in [0, 0.05) is 11.8 Å². The Morgan fingerprint density at radius 3 is 2.75 bits per heavy atom. The lowest BCUT2D eigenvalue weighted by atomic mass is 10.2. The molecule has 0 fully saturated rings. The highest BCUT2D eigenvalue weighted by Gasteiger charge is 2.02. The quantitative estimate of drug-likeness (QED) is 0.461. The standard InChI is InChI=1S/C7H5Br2NO.BrH/c8-4-6(11)5-1-2-10-7(9)3-5;/h1-3H,4H2;1H. The van der Waals surface area contributed by atoms with E-state index in [2.05, 4.69) is 36.8 Å². The molecule has 1 rings (SSSR count). The molecule has 0 aromatic carbocycles. The summed E-state index contributed by atoms with van der Waals surface area (Å²) in [7, 11) is 0. The molecule has 0 N–H and O–H groups in total. The smallest absolute Gasteiger partial charge is 0.173 e. The number of ketones is 1. The molecule has 0 unspecified atom stereocenters. The molecule has 0 atom stereocenters. The molecule has 0 aliphatic rings. The van der Waals surface area contributed by atoms with Crippen LogP contribution < -0.4 is 0 Å². The maximum Gasteiger partial charge on any atom is 0.173 e. The molecule has 0 saturated heterocycles. The minimum absolute atomic E-state index is 0. The van der Waals surface area contributed by atoms with Gasteiger partial charge in [-0.15, -0.1) is 17.0 Å².